The summed E-state index contributed by atoms with van der Waals surface area (Å²) in [4.78, 5) is 40.2. The lowest BCUT2D eigenvalue weighted by atomic mass is 9.95. The third-order valence-corrected chi connectivity index (χ3v) is 8.96. The van der Waals surface area contributed by atoms with Crippen LogP contribution in [-0.4, -0.2) is 54.7 Å². The molecule has 2 N–H and O–H groups in total. The number of alkyl carbamates (subject to hydrolysis) is 1. The smallest absolute Gasteiger partial charge is 0.416 e. The van der Waals surface area contributed by atoms with Crippen molar-refractivity contribution in [1.82, 2.24) is 15.5 Å². The summed E-state index contributed by atoms with van der Waals surface area (Å²) in [5.41, 5.74) is 2.68. The third-order valence-electron chi connectivity index (χ3n) is 8.03. The number of hydrogen-bond donors (Lipinski definition) is 2. The standard InChI is InChI=1S/C35H38F3N3O5S/c1-21(40-31(42)30-15-26(20-47-30)23-11-13-41(14-12-23)32(43)27-18-45-19-27)22-5-7-24(8-6-22)29-16-28(35(36,37)38)10-9-25(29)17-39-33(44)46-34(2,3)4/h5-11,15-16,20-21,27H,12-14,17-19H2,1-4H3,(H,39,44)(H,40,42)/t21-/m1/s1. The molecule has 3 heterocycles. The molecule has 0 unspecified atom stereocenters. The van der Waals surface area contributed by atoms with Crippen LogP contribution in [0.15, 0.2) is 60.0 Å². The summed E-state index contributed by atoms with van der Waals surface area (Å²) < 4.78 is 51.2. The van der Waals surface area contributed by atoms with Crippen LogP contribution in [0.3, 0.4) is 0 Å². The second-order valence-corrected chi connectivity index (χ2v) is 13.7. The van der Waals surface area contributed by atoms with Crippen molar-refractivity contribution in [2.45, 2.75) is 58.5 Å². The number of nitrogens with one attached hydrogen (secondary N) is 2. The number of ether oxygens (including phenoxy) is 2. The Morgan fingerprint density at radius 3 is 2.36 bits per heavy atom. The average Bonchev–Trinajstić information content (AvgIpc) is 3.49. The second-order valence-electron chi connectivity index (χ2n) is 12.7. The van der Waals surface area contributed by atoms with E-state index in [1.54, 1.807) is 45.0 Å². The van der Waals surface area contributed by atoms with E-state index >= 15 is 0 Å². The highest BCUT2D eigenvalue weighted by Gasteiger charge is 2.32. The molecule has 2 aromatic carbocycles. The molecule has 0 radical (unpaired) electrons. The minimum atomic E-state index is -4.54. The Balaban J connectivity index is 1.23. The Bertz CT molecular complexity index is 1660. The molecule has 2 aliphatic heterocycles. The molecule has 5 rings (SSSR count). The molecule has 1 fully saturated rings. The van der Waals surface area contributed by atoms with Crippen molar-refractivity contribution < 1.29 is 37.0 Å². The van der Waals surface area contributed by atoms with Crippen molar-refractivity contribution in [2.75, 3.05) is 26.3 Å². The normalized spacial score (nSPS) is 16.1. The van der Waals surface area contributed by atoms with Gasteiger partial charge in [-0.2, -0.15) is 13.2 Å². The maximum atomic E-state index is 13.6. The molecule has 0 bridgehead atoms. The van der Waals surface area contributed by atoms with Crippen LogP contribution in [0.1, 0.15) is 72.1 Å². The summed E-state index contributed by atoms with van der Waals surface area (Å²) in [6, 6.07) is 11.8. The highest BCUT2D eigenvalue weighted by atomic mass is 32.1. The first-order valence-electron chi connectivity index (χ1n) is 15.4. The van der Waals surface area contributed by atoms with Crippen molar-refractivity contribution in [2.24, 2.45) is 5.92 Å². The predicted molar refractivity (Wildman–Crippen MR) is 174 cm³/mol. The average molecular weight is 670 g/mol. The Kier molecular flexibility index (Phi) is 10.1. The number of carbonyl (C=O) groups is 3. The molecule has 0 aliphatic carbocycles. The number of alkyl halides is 3. The second kappa shape index (κ2) is 13.9. The van der Waals surface area contributed by atoms with Gasteiger partial charge in [-0.1, -0.05) is 36.4 Å². The fourth-order valence-corrected chi connectivity index (χ4v) is 6.19. The van der Waals surface area contributed by atoms with Crippen LogP contribution in [0, 0.1) is 5.92 Å². The van der Waals surface area contributed by atoms with Gasteiger partial charge in [0.25, 0.3) is 5.91 Å². The highest BCUT2D eigenvalue weighted by molar-refractivity contribution is 7.12. The van der Waals surface area contributed by atoms with Gasteiger partial charge in [-0.3, -0.25) is 9.59 Å². The van der Waals surface area contributed by atoms with Gasteiger partial charge in [-0.15, -0.1) is 11.3 Å². The first kappa shape index (κ1) is 34.2. The zero-order valence-electron chi connectivity index (χ0n) is 26.7. The van der Waals surface area contributed by atoms with Crippen LogP contribution in [0.5, 0.6) is 0 Å². The molecule has 8 nitrogen and oxygen atoms in total. The van der Waals surface area contributed by atoms with Gasteiger partial charge in [0.05, 0.1) is 35.6 Å². The van der Waals surface area contributed by atoms with Crippen molar-refractivity contribution in [3.63, 3.8) is 0 Å². The summed E-state index contributed by atoms with van der Waals surface area (Å²) in [6.07, 6.45) is -2.46. The monoisotopic (exact) mass is 669 g/mol. The molecular weight excluding hydrogens is 631 g/mol. The first-order chi connectivity index (χ1) is 22.2. The van der Waals surface area contributed by atoms with Crippen molar-refractivity contribution >= 4 is 34.8 Å². The number of halogens is 3. The number of amides is 3. The lowest BCUT2D eigenvalue weighted by molar-refractivity contribution is -0.149. The molecule has 1 atom stereocenters. The van der Waals surface area contributed by atoms with Gasteiger partial charge in [0, 0.05) is 19.6 Å². The van der Waals surface area contributed by atoms with Crippen molar-refractivity contribution in [1.29, 1.82) is 0 Å². The highest BCUT2D eigenvalue weighted by Crippen LogP contribution is 2.35. The Morgan fingerprint density at radius 2 is 1.77 bits per heavy atom. The van der Waals surface area contributed by atoms with Crippen molar-refractivity contribution in [3.8, 4) is 11.1 Å². The fourth-order valence-electron chi connectivity index (χ4n) is 5.35. The SMILES string of the molecule is C[C@@H](NC(=O)c1cc(C2=CCN(C(=O)C3COC3)CC2)cs1)c1ccc(-c2cc(C(F)(F)F)ccc2CNC(=O)OC(C)(C)C)cc1. The fraction of sp³-hybridized carbons (Fsp3) is 0.400. The molecule has 2 aliphatic rings. The number of nitrogens with zero attached hydrogens (tertiary/aromatic N) is 1. The van der Waals surface area contributed by atoms with Crippen LogP contribution in [0.4, 0.5) is 18.0 Å². The van der Waals surface area contributed by atoms with Crippen LogP contribution >= 0.6 is 11.3 Å². The summed E-state index contributed by atoms with van der Waals surface area (Å²) >= 11 is 1.35. The van der Waals surface area contributed by atoms with Gasteiger partial charge in [0.2, 0.25) is 5.91 Å². The molecule has 1 aromatic heterocycles. The van der Waals surface area contributed by atoms with Gasteiger partial charge < -0.3 is 25.0 Å². The van der Waals surface area contributed by atoms with Crippen LogP contribution in [0.25, 0.3) is 16.7 Å². The molecule has 250 valence electrons. The number of rotatable bonds is 8. The van der Waals surface area contributed by atoms with E-state index in [0.717, 1.165) is 28.8 Å². The summed E-state index contributed by atoms with van der Waals surface area (Å²) in [5.74, 6) is -0.139. The van der Waals surface area contributed by atoms with Crippen molar-refractivity contribution in [3.05, 3.63) is 87.1 Å². The zero-order valence-corrected chi connectivity index (χ0v) is 27.5. The summed E-state index contributed by atoms with van der Waals surface area (Å²) in [7, 11) is 0. The number of carbonyl (C=O) groups excluding carboxylic acids is 3. The molecule has 0 spiro atoms. The Morgan fingerprint density at radius 1 is 1.04 bits per heavy atom. The topological polar surface area (TPSA) is 97.0 Å². The molecule has 47 heavy (non-hydrogen) atoms. The van der Waals surface area contributed by atoms with E-state index in [4.69, 9.17) is 9.47 Å². The van der Waals surface area contributed by atoms with Gasteiger partial charge in [0.1, 0.15) is 5.60 Å². The number of hydrogen-bond acceptors (Lipinski definition) is 6. The van der Waals surface area contributed by atoms with Crippen LogP contribution < -0.4 is 10.6 Å². The van der Waals surface area contributed by atoms with Gasteiger partial charge in [-0.05, 0) is 91.1 Å². The largest absolute Gasteiger partial charge is 0.444 e. The van der Waals surface area contributed by atoms with E-state index in [1.165, 1.54) is 17.4 Å². The van der Waals surface area contributed by atoms with E-state index < -0.39 is 23.4 Å². The van der Waals surface area contributed by atoms with Gasteiger partial charge in [-0.25, -0.2) is 4.79 Å². The summed E-state index contributed by atoms with van der Waals surface area (Å²) in [6.45, 7) is 9.13. The quantitative estimate of drug-likeness (QED) is 0.264. The molecule has 1 saturated heterocycles. The lowest BCUT2D eigenvalue weighted by Gasteiger charge is -2.33. The first-order valence-corrected chi connectivity index (χ1v) is 16.3. The maximum Gasteiger partial charge on any atom is 0.416 e. The lowest BCUT2D eigenvalue weighted by Crippen LogP contribution is -2.46. The zero-order chi connectivity index (χ0) is 33.9. The van der Waals surface area contributed by atoms with Gasteiger partial charge >= 0.3 is 12.3 Å². The van der Waals surface area contributed by atoms with Gasteiger partial charge in [0.15, 0.2) is 0 Å². The Labute approximate surface area is 275 Å². The number of benzene rings is 2. The van der Waals surface area contributed by atoms with E-state index in [-0.39, 0.29) is 30.3 Å². The maximum absolute atomic E-state index is 13.6. The molecule has 3 aromatic rings. The van der Waals surface area contributed by atoms with Crippen LogP contribution in [-0.2, 0) is 27.0 Å². The molecule has 0 saturated carbocycles. The molecule has 3 amide bonds. The minimum absolute atomic E-state index is 0.0252. The van der Waals surface area contributed by atoms with E-state index in [9.17, 15) is 27.6 Å². The van der Waals surface area contributed by atoms with E-state index in [0.29, 0.717) is 54.3 Å². The third kappa shape index (κ3) is 8.61. The Hall–Kier alpha value is -4.16. The van der Waals surface area contributed by atoms with E-state index in [1.807, 2.05) is 29.3 Å². The van der Waals surface area contributed by atoms with E-state index in [2.05, 4.69) is 10.6 Å². The molecule has 12 heteroatoms. The molecular formula is C35H38F3N3O5S. The predicted octanol–water partition coefficient (Wildman–Crippen LogP) is 7.21. The van der Waals surface area contributed by atoms with Crippen LogP contribution in [0.2, 0.25) is 0 Å². The number of thiophene rings is 1. The summed E-state index contributed by atoms with van der Waals surface area (Å²) in [5, 5.41) is 7.57. The minimum Gasteiger partial charge on any atom is -0.444 e.